The van der Waals surface area contributed by atoms with E-state index in [0.717, 1.165) is 11.4 Å². The first-order valence-corrected chi connectivity index (χ1v) is 12.2. The van der Waals surface area contributed by atoms with Gasteiger partial charge in [0.15, 0.2) is 0 Å². The van der Waals surface area contributed by atoms with Crippen LogP contribution in [0.25, 0.3) is 0 Å². The molecule has 0 amide bonds. The third kappa shape index (κ3) is 3.78. The van der Waals surface area contributed by atoms with Crippen molar-refractivity contribution in [2.45, 2.75) is 40.8 Å². The number of aliphatic imine (C=N–C) groups is 2. The summed E-state index contributed by atoms with van der Waals surface area (Å²) in [6.45, 7) is 14.2. The van der Waals surface area contributed by atoms with E-state index < -0.39 is 8.07 Å². The van der Waals surface area contributed by atoms with Crippen molar-refractivity contribution in [2.24, 2.45) is 21.8 Å². The van der Waals surface area contributed by atoms with Crippen LogP contribution in [0.15, 0.2) is 79.4 Å². The monoisotopic (exact) mass is 506 g/mol. The van der Waals surface area contributed by atoms with Gasteiger partial charge in [0.25, 0.3) is 0 Å². The normalized spacial score (nSPS) is 19.1. The minimum absolute atomic E-state index is 0. The van der Waals surface area contributed by atoms with Crippen LogP contribution in [-0.2, 0) is 26.2 Å². The van der Waals surface area contributed by atoms with E-state index in [9.17, 15) is 0 Å². The van der Waals surface area contributed by atoms with Crippen LogP contribution in [0, 0.1) is 11.8 Å². The molecule has 0 radical (unpaired) electrons. The summed E-state index contributed by atoms with van der Waals surface area (Å²) in [7, 11) is -1.90. The number of fused-ring (bicyclic) bond motifs is 2. The van der Waals surface area contributed by atoms with Gasteiger partial charge in [-0.15, -0.1) is 0 Å². The standard InChI is InChI=1S/C22H26N2Si.2ClH.Zr/c1-13(2)17-11-19-15(7-9-23-19)21(17)25(5,6)22-16-8-10-24-20(16)12-18(22)14(3)4;;;/h7-14H,1-6H3;2*1H;/q;;;+2/p-2. The van der Waals surface area contributed by atoms with Gasteiger partial charge < -0.3 is 24.8 Å². The molecule has 0 bridgehead atoms. The minimum atomic E-state index is -1.90. The average molecular weight is 509 g/mol. The smallest absolute Gasteiger partial charge is 1.00 e. The Morgan fingerprint density at radius 2 is 1.07 bits per heavy atom. The van der Waals surface area contributed by atoms with E-state index in [2.05, 4.69) is 75.1 Å². The van der Waals surface area contributed by atoms with Crippen LogP contribution in [0.3, 0.4) is 0 Å². The van der Waals surface area contributed by atoms with Gasteiger partial charge in [-0.05, 0) is 57.7 Å². The first kappa shape index (κ1) is 25.5. The zero-order chi connectivity index (χ0) is 17.9. The second-order valence-corrected chi connectivity index (χ2v) is 12.6. The van der Waals surface area contributed by atoms with Crippen molar-refractivity contribution in [3.8, 4) is 0 Å². The van der Waals surface area contributed by atoms with E-state index in [1.54, 1.807) is 10.4 Å². The summed E-state index contributed by atoms with van der Waals surface area (Å²) >= 11 is 0. The van der Waals surface area contributed by atoms with Gasteiger partial charge in [0, 0.05) is 23.5 Å². The first-order valence-electron chi connectivity index (χ1n) is 9.25. The predicted molar refractivity (Wildman–Crippen MR) is 111 cm³/mol. The number of rotatable bonds is 4. The molecule has 2 aliphatic heterocycles. The molecule has 0 atom stereocenters. The molecule has 0 N–H and O–H groups in total. The molecule has 0 spiro atoms. The van der Waals surface area contributed by atoms with Crippen LogP contribution in [0.5, 0.6) is 0 Å². The molecular weight excluding hydrogens is 482 g/mol. The van der Waals surface area contributed by atoms with Crippen LogP contribution >= 0.6 is 0 Å². The molecule has 0 unspecified atom stereocenters. The molecule has 2 heterocycles. The Balaban J connectivity index is 0.00000131. The number of halogens is 2. The summed E-state index contributed by atoms with van der Waals surface area (Å²) in [6.07, 6.45) is 13.0. The fraction of sp³-hybridized carbons (Fsp3) is 0.364. The first-order chi connectivity index (χ1) is 11.8. The Morgan fingerprint density at radius 1 is 0.714 bits per heavy atom. The quantitative estimate of drug-likeness (QED) is 0.458. The number of allylic oxidation sites excluding steroid dienone is 10. The van der Waals surface area contributed by atoms with Gasteiger partial charge in [-0.2, -0.15) is 0 Å². The SMILES string of the molecule is CC(C)C1=CC2=NC=CC2=C1[Si](C)(C)C1=C2C=CN=C2C=C1C(C)C.[Cl-].[Cl-].[Zr+2]. The fourth-order valence-corrected chi connectivity index (χ4v) is 8.71. The summed E-state index contributed by atoms with van der Waals surface area (Å²) in [4.78, 5) is 9.19. The maximum Gasteiger partial charge on any atom is 2.00 e. The van der Waals surface area contributed by atoms with E-state index in [0.29, 0.717) is 11.8 Å². The van der Waals surface area contributed by atoms with Gasteiger partial charge >= 0.3 is 26.2 Å². The van der Waals surface area contributed by atoms with Crippen LogP contribution in [-0.4, -0.2) is 19.5 Å². The fourth-order valence-electron chi connectivity index (χ4n) is 4.53. The average Bonchev–Trinajstić information content (AvgIpc) is 3.24. The van der Waals surface area contributed by atoms with Crippen LogP contribution in [0.2, 0.25) is 13.1 Å². The summed E-state index contributed by atoms with van der Waals surface area (Å²) in [5.41, 5.74) is 8.02. The van der Waals surface area contributed by atoms with E-state index in [1.807, 2.05) is 12.4 Å². The maximum absolute atomic E-state index is 4.60. The Hall–Kier alpha value is -0.540. The Morgan fingerprint density at radius 3 is 1.39 bits per heavy atom. The van der Waals surface area contributed by atoms with Crippen molar-refractivity contribution in [2.75, 3.05) is 0 Å². The summed E-state index contributed by atoms with van der Waals surface area (Å²) in [5, 5.41) is 3.15. The predicted octanol–water partition coefficient (Wildman–Crippen LogP) is -0.499. The molecule has 0 aromatic heterocycles. The molecule has 6 heteroatoms. The van der Waals surface area contributed by atoms with Crippen molar-refractivity contribution in [3.63, 3.8) is 0 Å². The molecule has 0 aromatic rings. The molecule has 2 nitrogen and oxygen atoms in total. The van der Waals surface area contributed by atoms with Crippen LogP contribution < -0.4 is 24.8 Å². The third-order valence-electron chi connectivity index (χ3n) is 5.66. The second kappa shape index (κ2) is 9.08. The van der Waals surface area contributed by atoms with Crippen molar-refractivity contribution in [3.05, 3.63) is 69.4 Å². The second-order valence-electron chi connectivity index (χ2n) is 8.37. The molecule has 28 heavy (non-hydrogen) atoms. The van der Waals surface area contributed by atoms with Crippen molar-refractivity contribution in [1.82, 2.24) is 0 Å². The van der Waals surface area contributed by atoms with Gasteiger partial charge in [-0.1, -0.05) is 40.8 Å². The van der Waals surface area contributed by atoms with Gasteiger partial charge in [-0.3, -0.25) is 9.98 Å². The molecule has 2 aliphatic carbocycles. The van der Waals surface area contributed by atoms with Crippen molar-refractivity contribution >= 4 is 19.5 Å². The molecule has 4 rings (SSSR count). The Labute approximate surface area is 201 Å². The van der Waals surface area contributed by atoms with Gasteiger partial charge in [0.1, 0.15) is 8.07 Å². The zero-order valence-corrected chi connectivity index (χ0v) is 22.2. The molecule has 0 saturated heterocycles. The topological polar surface area (TPSA) is 24.7 Å². The van der Waals surface area contributed by atoms with Crippen LogP contribution in [0.4, 0.5) is 0 Å². The Kier molecular flexibility index (Phi) is 8.27. The van der Waals surface area contributed by atoms with E-state index in [1.165, 1.54) is 22.3 Å². The van der Waals surface area contributed by atoms with E-state index >= 15 is 0 Å². The molecule has 0 fully saturated rings. The van der Waals surface area contributed by atoms with E-state index in [-0.39, 0.29) is 51.0 Å². The van der Waals surface area contributed by atoms with Crippen molar-refractivity contribution in [1.29, 1.82) is 0 Å². The summed E-state index contributed by atoms with van der Waals surface area (Å²) < 4.78 is 0. The van der Waals surface area contributed by atoms with Gasteiger partial charge in [-0.25, -0.2) is 0 Å². The number of hydrogen-bond donors (Lipinski definition) is 0. The minimum Gasteiger partial charge on any atom is -1.00 e. The number of nitrogens with zero attached hydrogens (tertiary/aromatic N) is 2. The summed E-state index contributed by atoms with van der Waals surface area (Å²) in [5.74, 6) is 1.03. The number of hydrogen-bond acceptors (Lipinski definition) is 2. The molecule has 0 aromatic carbocycles. The third-order valence-corrected chi connectivity index (χ3v) is 9.27. The summed E-state index contributed by atoms with van der Waals surface area (Å²) in [6, 6.07) is 0. The molecule has 4 aliphatic rings. The van der Waals surface area contributed by atoms with Crippen LogP contribution in [0.1, 0.15) is 27.7 Å². The zero-order valence-electron chi connectivity index (χ0n) is 17.3. The molecular formula is C22H26Cl2N2SiZr. The molecule has 146 valence electrons. The van der Waals surface area contributed by atoms with Crippen molar-refractivity contribution < 1.29 is 51.0 Å². The Bertz CT molecular complexity index is 852. The maximum atomic E-state index is 4.60. The van der Waals surface area contributed by atoms with Gasteiger partial charge in [0.05, 0.1) is 11.4 Å². The van der Waals surface area contributed by atoms with Gasteiger partial charge in [0.2, 0.25) is 0 Å². The van der Waals surface area contributed by atoms with E-state index in [4.69, 9.17) is 0 Å². The largest absolute Gasteiger partial charge is 2.00 e. The molecule has 0 saturated carbocycles.